The Balaban J connectivity index is 2.18. The zero-order valence-corrected chi connectivity index (χ0v) is 8.19. The molecule has 1 unspecified atom stereocenters. The molecule has 1 heterocycles. The lowest BCUT2D eigenvalue weighted by Crippen LogP contribution is -2.33. The second-order valence-corrected chi connectivity index (χ2v) is 3.83. The Morgan fingerprint density at radius 3 is 2.83 bits per heavy atom. The van der Waals surface area contributed by atoms with E-state index in [0.717, 1.165) is 6.42 Å². The fourth-order valence-corrected chi connectivity index (χ4v) is 1.48. The topological polar surface area (TPSA) is 12.0 Å². The van der Waals surface area contributed by atoms with Crippen molar-refractivity contribution >= 4 is 0 Å². The molecule has 0 aromatic heterocycles. The third-order valence-corrected chi connectivity index (χ3v) is 2.15. The van der Waals surface area contributed by atoms with E-state index in [1.807, 2.05) is 0 Å². The molecule has 1 N–H and O–H groups in total. The van der Waals surface area contributed by atoms with Crippen LogP contribution in [0.25, 0.3) is 0 Å². The highest BCUT2D eigenvalue weighted by Crippen LogP contribution is 2.09. The fourth-order valence-electron chi connectivity index (χ4n) is 1.48. The first kappa shape index (κ1) is 9.61. The molecular formula is C11H19N. The van der Waals surface area contributed by atoms with Gasteiger partial charge in [-0.05, 0) is 19.4 Å². The van der Waals surface area contributed by atoms with Gasteiger partial charge in [-0.2, -0.15) is 0 Å². The van der Waals surface area contributed by atoms with Crippen LogP contribution < -0.4 is 5.32 Å². The van der Waals surface area contributed by atoms with Crippen LogP contribution in [0.5, 0.6) is 0 Å². The van der Waals surface area contributed by atoms with Crippen molar-refractivity contribution in [2.24, 2.45) is 5.92 Å². The van der Waals surface area contributed by atoms with Gasteiger partial charge in [-0.1, -0.05) is 20.3 Å². The van der Waals surface area contributed by atoms with Gasteiger partial charge in [0.05, 0.1) is 0 Å². The Bertz CT molecular complexity index is 167. The van der Waals surface area contributed by atoms with E-state index in [4.69, 9.17) is 0 Å². The van der Waals surface area contributed by atoms with E-state index < -0.39 is 0 Å². The van der Waals surface area contributed by atoms with Crippen molar-refractivity contribution in [3.63, 3.8) is 0 Å². The minimum absolute atomic E-state index is 0.522. The second kappa shape index (κ2) is 5.22. The Kier molecular flexibility index (Phi) is 4.18. The number of hydrogen-bond acceptors (Lipinski definition) is 1. The quantitative estimate of drug-likeness (QED) is 0.587. The molecule has 0 aromatic rings. The summed E-state index contributed by atoms with van der Waals surface area (Å²) in [5.41, 5.74) is 0. The molecule has 0 amide bonds. The van der Waals surface area contributed by atoms with Crippen molar-refractivity contribution in [1.29, 1.82) is 0 Å². The number of piperidine rings is 1. The lowest BCUT2D eigenvalue weighted by atomic mass is 10.0. The smallest absolute Gasteiger partial charge is 0.0243 e. The molecule has 1 heteroatoms. The summed E-state index contributed by atoms with van der Waals surface area (Å²) in [6.45, 7) is 5.47. The van der Waals surface area contributed by atoms with Gasteiger partial charge in [0.15, 0.2) is 0 Å². The Morgan fingerprint density at radius 2 is 2.25 bits per heavy atom. The van der Waals surface area contributed by atoms with Crippen LogP contribution in [-0.2, 0) is 0 Å². The summed E-state index contributed by atoms with van der Waals surface area (Å²) in [4.78, 5) is 0. The predicted octanol–water partition coefficient (Wildman–Crippen LogP) is 2.18. The van der Waals surface area contributed by atoms with E-state index in [2.05, 4.69) is 31.0 Å². The molecule has 1 atom stereocenters. The van der Waals surface area contributed by atoms with Crippen molar-refractivity contribution in [1.82, 2.24) is 5.32 Å². The number of nitrogens with one attached hydrogen (secondary N) is 1. The van der Waals surface area contributed by atoms with Gasteiger partial charge in [-0.3, -0.25) is 0 Å². The van der Waals surface area contributed by atoms with Crippen molar-refractivity contribution in [2.45, 2.75) is 45.6 Å². The fraction of sp³-hybridized carbons (Fsp3) is 0.818. The van der Waals surface area contributed by atoms with Gasteiger partial charge in [0.25, 0.3) is 0 Å². The molecular weight excluding hydrogens is 146 g/mol. The van der Waals surface area contributed by atoms with Crippen LogP contribution in [0.4, 0.5) is 0 Å². The Morgan fingerprint density at radius 1 is 1.42 bits per heavy atom. The zero-order valence-electron chi connectivity index (χ0n) is 8.19. The van der Waals surface area contributed by atoms with Crippen LogP contribution >= 0.6 is 0 Å². The molecule has 1 saturated heterocycles. The van der Waals surface area contributed by atoms with Crippen LogP contribution in [0.15, 0.2) is 0 Å². The van der Waals surface area contributed by atoms with Crippen LogP contribution in [0.2, 0.25) is 0 Å². The Hall–Kier alpha value is -0.480. The predicted molar refractivity (Wildman–Crippen MR) is 52.9 cm³/mol. The van der Waals surface area contributed by atoms with Crippen LogP contribution in [0.1, 0.15) is 39.5 Å². The molecule has 0 aromatic carbocycles. The maximum absolute atomic E-state index is 3.49. The maximum Gasteiger partial charge on any atom is 0.0243 e. The lowest BCUT2D eigenvalue weighted by molar-refractivity contribution is 0.407. The molecule has 1 rings (SSSR count). The van der Waals surface area contributed by atoms with Crippen LogP contribution in [0, 0.1) is 17.8 Å². The molecule has 12 heavy (non-hydrogen) atoms. The second-order valence-electron chi connectivity index (χ2n) is 3.83. The molecule has 1 aliphatic rings. The van der Waals surface area contributed by atoms with Crippen molar-refractivity contribution < 1.29 is 0 Å². The highest BCUT2D eigenvalue weighted by molar-refractivity contribution is 5.03. The van der Waals surface area contributed by atoms with Gasteiger partial charge < -0.3 is 5.32 Å². The first-order valence-corrected chi connectivity index (χ1v) is 5.01. The molecule has 1 fully saturated rings. The molecule has 0 saturated carbocycles. The molecule has 0 bridgehead atoms. The average Bonchev–Trinajstić information content (AvgIpc) is 2.05. The van der Waals surface area contributed by atoms with Crippen molar-refractivity contribution in [3.8, 4) is 11.8 Å². The monoisotopic (exact) mass is 165 g/mol. The van der Waals surface area contributed by atoms with Gasteiger partial charge in [0, 0.05) is 18.4 Å². The normalized spacial score (nSPS) is 23.4. The minimum atomic E-state index is 0.522. The van der Waals surface area contributed by atoms with E-state index in [1.165, 1.54) is 25.8 Å². The van der Waals surface area contributed by atoms with Crippen LogP contribution in [0.3, 0.4) is 0 Å². The van der Waals surface area contributed by atoms with Crippen molar-refractivity contribution in [3.05, 3.63) is 0 Å². The average molecular weight is 165 g/mol. The maximum atomic E-state index is 3.49. The highest BCUT2D eigenvalue weighted by Gasteiger charge is 2.09. The molecule has 1 aliphatic heterocycles. The summed E-state index contributed by atoms with van der Waals surface area (Å²) in [5, 5.41) is 3.49. The third-order valence-electron chi connectivity index (χ3n) is 2.15. The molecule has 68 valence electrons. The Labute approximate surface area is 75.9 Å². The van der Waals surface area contributed by atoms with Gasteiger partial charge in [-0.25, -0.2) is 0 Å². The molecule has 0 aliphatic carbocycles. The summed E-state index contributed by atoms with van der Waals surface area (Å²) >= 11 is 0. The third kappa shape index (κ3) is 3.78. The molecule has 0 radical (unpaired) electrons. The summed E-state index contributed by atoms with van der Waals surface area (Å²) < 4.78 is 0. The summed E-state index contributed by atoms with van der Waals surface area (Å²) in [6.07, 6.45) is 5.07. The van der Waals surface area contributed by atoms with E-state index in [-0.39, 0.29) is 0 Å². The molecule has 0 spiro atoms. The van der Waals surface area contributed by atoms with E-state index in [1.54, 1.807) is 0 Å². The minimum Gasteiger partial charge on any atom is -0.313 e. The van der Waals surface area contributed by atoms with E-state index in [9.17, 15) is 0 Å². The van der Waals surface area contributed by atoms with Gasteiger partial charge >= 0.3 is 0 Å². The molecule has 1 nitrogen and oxygen atoms in total. The lowest BCUT2D eigenvalue weighted by Gasteiger charge is -2.21. The van der Waals surface area contributed by atoms with E-state index >= 15 is 0 Å². The van der Waals surface area contributed by atoms with Gasteiger partial charge in [0.1, 0.15) is 0 Å². The number of hydrogen-bond donors (Lipinski definition) is 1. The standard InChI is InChI=1S/C11H19N/c1-10(2)6-5-8-11-7-3-4-9-12-11/h10-12H,3-4,7-9H2,1-2H3. The highest BCUT2D eigenvalue weighted by atomic mass is 14.9. The van der Waals surface area contributed by atoms with Crippen molar-refractivity contribution in [2.75, 3.05) is 6.54 Å². The summed E-state index contributed by atoms with van der Waals surface area (Å²) in [7, 11) is 0. The first-order chi connectivity index (χ1) is 5.79. The number of rotatable bonds is 1. The summed E-state index contributed by atoms with van der Waals surface area (Å²) in [5.74, 6) is 6.97. The van der Waals surface area contributed by atoms with Crippen LogP contribution in [-0.4, -0.2) is 12.6 Å². The first-order valence-electron chi connectivity index (χ1n) is 5.01. The van der Waals surface area contributed by atoms with Gasteiger partial charge in [0.2, 0.25) is 0 Å². The SMILES string of the molecule is CC(C)C#CCC1CCCCN1. The van der Waals surface area contributed by atoms with E-state index in [0.29, 0.717) is 12.0 Å². The van der Waals surface area contributed by atoms with Gasteiger partial charge in [-0.15, -0.1) is 11.8 Å². The largest absolute Gasteiger partial charge is 0.313 e. The summed E-state index contributed by atoms with van der Waals surface area (Å²) in [6, 6.07) is 0.671. The zero-order chi connectivity index (χ0) is 8.81.